The van der Waals surface area contributed by atoms with Gasteiger partial charge in [-0.25, -0.2) is 0 Å². The first-order valence-electron chi connectivity index (χ1n) is 8.64. The number of nitrogens with zero attached hydrogens (tertiary/aromatic N) is 2. The molecule has 1 aromatic rings. The monoisotopic (exact) mass is 336 g/mol. The number of carbonyl (C=O) groups excluding carboxylic acids is 1. The highest BCUT2D eigenvalue weighted by Gasteiger charge is 2.32. The van der Waals surface area contributed by atoms with Crippen LogP contribution in [0.2, 0.25) is 5.02 Å². The highest BCUT2D eigenvalue weighted by molar-refractivity contribution is 6.32. The first-order valence-corrected chi connectivity index (χ1v) is 9.01. The second-order valence-corrected chi connectivity index (χ2v) is 6.88. The van der Waals surface area contributed by atoms with Crippen molar-refractivity contribution in [1.29, 1.82) is 0 Å². The predicted octanol–water partition coefficient (Wildman–Crippen LogP) is 3.20. The van der Waals surface area contributed by atoms with Gasteiger partial charge in [0.2, 0.25) is 5.91 Å². The van der Waals surface area contributed by atoms with E-state index in [1.807, 2.05) is 29.2 Å². The van der Waals surface area contributed by atoms with E-state index in [1.54, 1.807) is 0 Å². The summed E-state index contributed by atoms with van der Waals surface area (Å²) in [5.41, 5.74) is 0. The van der Waals surface area contributed by atoms with E-state index in [9.17, 15) is 4.79 Å². The molecule has 2 fully saturated rings. The fourth-order valence-electron chi connectivity index (χ4n) is 3.23. The summed E-state index contributed by atoms with van der Waals surface area (Å²) < 4.78 is 5.83. The molecule has 0 aliphatic carbocycles. The van der Waals surface area contributed by atoms with Crippen LogP contribution in [-0.2, 0) is 4.79 Å². The summed E-state index contributed by atoms with van der Waals surface area (Å²) in [7, 11) is 0. The van der Waals surface area contributed by atoms with Crippen LogP contribution < -0.4 is 4.74 Å². The summed E-state index contributed by atoms with van der Waals surface area (Å²) in [6, 6.07) is 7.47. The molecule has 1 aromatic carbocycles. The zero-order chi connectivity index (χ0) is 16.1. The molecule has 0 saturated carbocycles. The van der Waals surface area contributed by atoms with Crippen LogP contribution in [0.4, 0.5) is 0 Å². The highest BCUT2D eigenvalue weighted by atomic mass is 35.5. The normalized spacial score (nSPS) is 19.4. The van der Waals surface area contributed by atoms with Gasteiger partial charge < -0.3 is 14.5 Å². The maximum atomic E-state index is 12.2. The van der Waals surface area contributed by atoms with Gasteiger partial charge in [-0.2, -0.15) is 0 Å². The van der Waals surface area contributed by atoms with Gasteiger partial charge in [-0.05, 0) is 51.0 Å². The highest BCUT2D eigenvalue weighted by Crippen LogP contribution is 2.26. The van der Waals surface area contributed by atoms with E-state index in [0.717, 1.165) is 13.0 Å². The van der Waals surface area contributed by atoms with Crippen molar-refractivity contribution in [3.63, 3.8) is 0 Å². The number of hydrogen-bond acceptors (Lipinski definition) is 3. The fraction of sp³-hybridized carbons (Fsp3) is 0.611. The Morgan fingerprint density at radius 1 is 1.17 bits per heavy atom. The van der Waals surface area contributed by atoms with E-state index >= 15 is 0 Å². The Kier molecular flexibility index (Phi) is 5.79. The van der Waals surface area contributed by atoms with Crippen molar-refractivity contribution >= 4 is 17.5 Å². The lowest BCUT2D eigenvalue weighted by molar-refractivity contribution is -0.140. The zero-order valence-electron chi connectivity index (χ0n) is 13.5. The maximum absolute atomic E-state index is 12.2. The number of amides is 1. The lowest BCUT2D eigenvalue weighted by atomic mass is 10.1. The smallest absolute Gasteiger partial charge is 0.222 e. The van der Waals surface area contributed by atoms with Gasteiger partial charge in [0.25, 0.3) is 0 Å². The van der Waals surface area contributed by atoms with Crippen molar-refractivity contribution in [3.8, 4) is 5.75 Å². The van der Waals surface area contributed by atoms with Crippen LogP contribution in [0.5, 0.6) is 5.75 Å². The first-order chi connectivity index (χ1) is 11.2. The SMILES string of the molecule is O=C(CCCN1CCCCC1)N1CC(Oc2ccccc2Cl)C1. The number of piperidine rings is 1. The van der Waals surface area contributed by atoms with Gasteiger partial charge in [-0.1, -0.05) is 30.2 Å². The van der Waals surface area contributed by atoms with Crippen LogP contribution in [-0.4, -0.2) is 54.5 Å². The quantitative estimate of drug-likeness (QED) is 0.799. The van der Waals surface area contributed by atoms with Gasteiger partial charge in [0, 0.05) is 6.42 Å². The van der Waals surface area contributed by atoms with Gasteiger partial charge in [0.15, 0.2) is 0 Å². The summed E-state index contributed by atoms with van der Waals surface area (Å²) in [4.78, 5) is 16.5. The molecule has 3 rings (SSSR count). The molecule has 0 bridgehead atoms. The molecule has 23 heavy (non-hydrogen) atoms. The van der Waals surface area contributed by atoms with Crippen molar-refractivity contribution in [2.75, 3.05) is 32.7 Å². The number of likely N-dealkylation sites (tertiary alicyclic amines) is 2. The second kappa shape index (κ2) is 8.02. The maximum Gasteiger partial charge on any atom is 0.222 e. The zero-order valence-corrected chi connectivity index (χ0v) is 14.3. The van der Waals surface area contributed by atoms with Crippen molar-refractivity contribution in [2.45, 2.75) is 38.2 Å². The number of hydrogen-bond donors (Lipinski definition) is 0. The van der Waals surface area contributed by atoms with Crippen LogP contribution in [0, 0.1) is 0 Å². The minimum absolute atomic E-state index is 0.0703. The van der Waals surface area contributed by atoms with E-state index in [1.165, 1.54) is 32.4 Å². The minimum atomic E-state index is 0.0703. The van der Waals surface area contributed by atoms with Crippen molar-refractivity contribution in [3.05, 3.63) is 29.3 Å². The van der Waals surface area contributed by atoms with Crippen LogP contribution in [0.1, 0.15) is 32.1 Å². The average molecular weight is 337 g/mol. The molecule has 0 unspecified atom stereocenters. The molecule has 2 aliphatic rings. The molecule has 5 heteroatoms. The molecule has 0 aromatic heterocycles. The topological polar surface area (TPSA) is 32.8 Å². The van der Waals surface area contributed by atoms with Gasteiger partial charge in [0.05, 0.1) is 18.1 Å². The third kappa shape index (κ3) is 4.61. The lowest BCUT2D eigenvalue weighted by Crippen LogP contribution is -2.56. The largest absolute Gasteiger partial charge is 0.485 e. The fourth-order valence-corrected chi connectivity index (χ4v) is 3.41. The molecule has 1 amide bonds. The predicted molar refractivity (Wildman–Crippen MR) is 92.0 cm³/mol. The first kappa shape index (κ1) is 16.6. The summed E-state index contributed by atoms with van der Waals surface area (Å²) in [5, 5.41) is 0.624. The summed E-state index contributed by atoms with van der Waals surface area (Å²) in [5.74, 6) is 0.956. The third-order valence-corrected chi connectivity index (χ3v) is 4.96. The molecular weight excluding hydrogens is 312 g/mol. The molecule has 2 saturated heterocycles. The van der Waals surface area contributed by atoms with Crippen molar-refractivity contribution < 1.29 is 9.53 Å². The van der Waals surface area contributed by atoms with Crippen molar-refractivity contribution in [1.82, 2.24) is 9.80 Å². The Hall–Kier alpha value is -1.26. The van der Waals surface area contributed by atoms with Crippen LogP contribution >= 0.6 is 11.6 Å². The van der Waals surface area contributed by atoms with E-state index < -0.39 is 0 Å². The van der Waals surface area contributed by atoms with Gasteiger partial charge in [-0.15, -0.1) is 0 Å². The number of rotatable bonds is 6. The molecule has 2 heterocycles. The molecule has 0 N–H and O–H groups in total. The average Bonchev–Trinajstić information content (AvgIpc) is 2.53. The number of ether oxygens (including phenoxy) is 1. The van der Waals surface area contributed by atoms with E-state index in [4.69, 9.17) is 16.3 Å². The van der Waals surface area contributed by atoms with E-state index in [0.29, 0.717) is 30.3 Å². The molecule has 4 nitrogen and oxygen atoms in total. The van der Waals surface area contributed by atoms with Gasteiger partial charge in [0.1, 0.15) is 11.9 Å². The number of halogens is 1. The second-order valence-electron chi connectivity index (χ2n) is 6.47. The summed E-state index contributed by atoms with van der Waals surface area (Å²) in [6.45, 7) is 4.80. The molecule has 126 valence electrons. The molecule has 0 atom stereocenters. The number of benzene rings is 1. The Bertz CT molecular complexity index is 526. The van der Waals surface area contributed by atoms with Gasteiger partial charge >= 0.3 is 0 Å². The van der Waals surface area contributed by atoms with E-state index in [2.05, 4.69) is 4.90 Å². The third-order valence-electron chi connectivity index (χ3n) is 4.64. The Labute approximate surface area is 143 Å². The molecule has 0 spiro atoms. The van der Waals surface area contributed by atoms with Crippen LogP contribution in [0.25, 0.3) is 0 Å². The minimum Gasteiger partial charge on any atom is -0.485 e. The standard InChI is InChI=1S/C18H25ClN2O2/c19-16-7-2-3-8-17(16)23-15-13-21(14-15)18(22)9-6-12-20-10-4-1-5-11-20/h2-3,7-8,15H,1,4-6,9-14H2. The number of para-hydroxylation sites is 1. The molecular formula is C18H25ClN2O2. The van der Waals surface area contributed by atoms with Crippen molar-refractivity contribution in [2.24, 2.45) is 0 Å². The van der Waals surface area contributed by atoms with Crippen LogP contribution in [0.3, 0.4) is 0 Å². The van der Waals surface area contributed by atoms with Crippen LogP contribution in [0.15, 0.2) is 24.3 Å². The Morgan fingerprint density at radius 2 is 1.91 bits per heavy atom. The summed E-state index contributed by atoms with van der Waals surface area (Å²) in [6.07, 6.45) is 5.65. The van der Waals surface area contributed by atoms with E-state index in [-0.39, 0.29) is 12.0 Å². The molecule has 0 radical (unpaired) electrons. The van der Waals surface area contributed by atoms with Gasteiger partial charge in [-0.3, -0.25) is 4.79 Å². The number of carbonyl (C=O) groups is 1. The Balaban J connectivity index is 1.32. The lowest BCUT2D eigenvalue weighted by Gasteiger charge is -2.39. The Morgan fingerprint density at radius 3 is 2.65 bits per heavy atom. The molecule has 2 aliphatic heterocycles. The summed E-state index contributed by atoms with van der Waals surface area (Å²) >= 11 is 6.08.